The summed E-state index contributed by atoms with van der Waals surface area (Å²) in [6.45, 7) is 4.17. The van der Waals surface area contributed by atoms with Gasteiger partial charge in [0.15, 0.2) is 6.10 Å². The number of rotatable bonds is 39. The molecular weight excluding hydrogens is 665 g/mol. The average Bonchev–Trinajstić information content (AvgIpc) is 3.88. The molecular formula is C41H78NO8P. The van der Waals surface area contributed by atoms with Gasteiger partial charge in [-0.2, -0.15) is 0 Å². The first-order valence-corrected chi connectivity index (χ1v) is 22.5. The van der Waals surface area contributed by atoms with Crippen molar-refractivity contribution in [1.29, 1.82) is 0 Å². The predicted molar refractivity (Wildman–Crippen MR) is 210 cm³/mol. The molecule has 0 radical (unpaired) electrons. The topological polar surface area (TPSA) is 130 Å². The molecule has 1 aliphatic rings. The fourth-order valence-corrected chi connectivity index (χ4v) is 6.87. The number of phosphoric acid groups is 1. The molecule has 0 bridgehead atoms. The summed E-state index contributed by atoms with van der Waals surface area (Å²) >= 11 is 0. The molecule has 3 N–H and O–H groups in total. The molecule has 0 amide bonds. The minimum atomic E-state index is -4.27. The van der Waals surface area contributed by atoms with Gasteiger partial charge in [-0.3, -0.25) is 13.8 Å². The molecule has 0 aromatic carbocycles. The minimum absolute atomic E-state index is 0.0728. The zero-order chi connectivity index (χ0) is 37.1. The summed E-state index contributed by atoms with van der Waals surface area (Å²) in [5, 5.41) is 0. The average molecular weight is 744 g/mol. The molecule has 1 aliphatic heterocycles. The smallest absolute Gasteiger partial charge is 0.472 e. The standard InChI is InChI=1S/C41H78NO8P/c1-3-5-7-8-9-10-11-12-13-14-15-16-19-22-25-29-34-46-38(37-49-51(44,45)48-35-33-42)36-47-41(43)32-28-24-21-18-17-20-23-27-31-40-39(50-40)30-26-6-4-2/h23,27,29,34,38-40H,3-22,24-26,28,30-33,35-37,42H2,1-2H3,(H,44,45)/b27-23-,34-29+/t38-,39?,40?/m1/s1. The van der Waals surface area contributed by atoms with Crippen LogP contribution in [0.1, 0.15) is 187 Å². The molecule has 3 unspecified atom stereocenters. The SMILES string of the molecule is CCCCCCCCCCCCCCCC/C=C/O[C@H](COC(=O)CCCCCCC/C=C\CC1OC1CCCCC)COP(=O)(O)OCCN. The Labute approximate surface area is 312 Å². The summed E-state index contributed by atoms with van der Waals surface area (Å²) < 4.78 is 38.9. The van der Waals surface area contributed by atoms with Gasteiger partial charge in [-0.15, -0.1) is 0 Å². The van der Waals surface area contributed by atoms with Crippen molar-refractivity contribution in [2.24, 2.45) is 5.73 Å². The number of ether oxygens (including phenoxy) is 3. The maximum absolute atomic E-state index is 12.4. The van der Waals surface area contributed by atoms with Gasteiger partial charge < -0.3 is 24.8 Å². The number of phosphoric ester groups is 1. The molecule has 4 atom stereocenters. The van der Waals surface area contributed by atoms with Crippen molar-refractivity contribution >= 4 is 13.8 Å². The van der Waals surface area contributed by atoms with Crippen LogP contribution in [0, 0.1) is 0 Å². The van der Waals surface area contributed by atoms with E-state index in [-0.39, 0.29) is 32.3 Å². The lowest BCUT2D eigenvalue weighted by Gasteiger charge is -2.19. The number of unbranched alkanes of at least 4 members (excludes halogenated alkanes) is 21. The summed E-state index contributed by atoms with van der Waals surface area (Å²) in [5.41, 5.74) is 5.36. The van der Waals surface area contributed by atoms with Crippen LogP contribution in [0.15, 0.2) is 24.5 Å². The number of hydrogen-bond acceptors (Lipinski definition) is 8. The first-order valence-electron chi connectivity index (χ1n) is 21.0. The fraction of sp³-hybridized carbons (Fsp3) is 0.878. The van der Waals surface area contributed by atoms with Crippen LogP contribution in [0.3, 0.4) is 0 Å². The van der Waals surface area contributed by atoms with E-state index in [1.807, 2.05) is 6.08 Å². The minimum Gasteiger partial charge on any atom is -0.492 e. The first kappa shape index (κ1) is 47.8. The lowest BCUT2D eigenvalue weighted by atomic mass is 10.0. The van der Waals surface area contributed by atoms with Gasteiger partial charge in [-0.05, 0) is 51.0 Å². The second-order valence-corrected chi connectivity index (χ2v) is 15.8. The van der Waals surface area contributed by atoms with E-state index in [2.05, 4.69) is 26.0 Å². The Morgan fingerprint density at radius 1 is 0.706 bits per heavy atom. The van der Waals surface area contributed by atoms with Gasteiger partial charge in [0.2, 0.25) is 0 Å². The van der Waals surface area contributed by atoms with E-state index in [0.29, 0.717) is 18.6 Å². The second kappa shape index (κ2) is 34.5. The van der Waals surface area contributed by atoms with E-state index in [4.69, 9.17) is 29.0 Å². The van der Waals surface area contributed by atoms with Crippen LogP contribution in [0.4, 0.5) is 0 Å². The van der Waals surface area contributed by atoms with Gasteiger partial charge in [0.25, 0.3) is 0 Å². The summed E-state index contributed by atoms with van der Waals surface area (Å²) in [5.74, 6) is -0.306. The molecule has 0 spiro atoms. The van der Waals surface area contributed by atoms with Crippen LogP contribution in [-0.2, 0) is 32.6 Å². The second-order valence-electron chi connectivity index (χ2n) is 14.3. The predicted octanol–water partition coefficient (Wildman–Crippen LogP) is 11.4. The number of epoxide rings is 1. The normalized spacial score (nSPS) is 17.6. The highest BCUT2D eigenvalue weighted by molar-refractivity contribution is 7.47. The largest absolute Gasteiger partial charge is 0.492 e. The van der Waals surface area contributed by atoms with Gasteiger partial charge in [-0.1, -0.05) is 148 Å². The van der Waals surface area contributed by atoms with Gasteiger partial charge in [0.05, 0.1) is 31.7 Å². The molecule has 1 heterocycles. The third-order valence-corrected chi connectivity index (χ3v) is 10.4. The molecule has 300 valence electrons. The molecule has 9 nitrogen and oxygen atoms in total. The van der Waals surface area contributed by atoms with Crippen LogP contribution in [0.25, 0.3) is 0 Å². The van der Waals surface area contributed by atoms with Crippen molar-refractivity contribution in [3.05, 3.63) is 24.5 Å². The lowest BCUT2D eigenvalue weighted by Crippen LogP contribution is -2.25. The Hall–Kier alpha value is -1.22. The number of allylic oxidation sites excluding steroid dienone is 2. The summed E-state index contributed by atoms with van der Waals surface area (Å²) in [7, 11) is -4.27. The molecule has 0 aromatic heterocycles. The molecule has 1 saturated heterocycles. The molecule has 1 rings (SSSR count). The summed E-state index contributed by atoms with van der Waals surface area (Å²) in [4.78, 5) is 22.3. The highest BCUT2D eigenvalue weighted by Gasteiger charge is 2.36. The molecule has 1 fully saturated rings. The monoisotopic (exact) mass is 744 g/mol. The Morgan fingerprint density at radius 3 is 1.86 bits per heavy atom. The lowest BCUT2D eigenvalue weighted by molar-refractivity contribution is -0.147. The van der Waals surface area contributed by atoms with Crippen LogP contribution < -0.4 is 5.73 Å². The quantitative estimate of drug-likeness (QED) is 0.0158. The number of hydrogen-bond donors (Lipinski definition) is 2. The third kappa shape index (κ3) is 32.0. The molecule has 51 heavy (non-hydrogen) atoms. The molecule has 10 heteroatoms. The van der Waals surface area contributed by atoms with Crippen molar-refractivity contribution < 1.29 is 37.5 Å². The maximum Gasteiger partial charge on any atom is 0.472 e. The highest BCUT2D eigenvalue weighted by Crippen LogP contribution is 2.43. The van der Waals surface area contributed by atoms with E-state index in [1.54, 1.807) is 6.26 Å². The van der Waals surface area contributed by atoms with Gasteiger partial charge >= 0.3 is 13.8 Å². The van der Waals surface area contributed by atoms with Crippen LogP contribution in [-0.4, -0.2) is 55.5 Å². The maximum atomic E-state index is 12.4. The van der Waals surface area contributed by atoms with Crippen molar-refractivity contribution in [2.75, 3.05) is 26.4 Å². The zero-order valence-electron chi connectivity index (χ0n) is 32.8. The third-order valence-electron chi connectivity index (χ3n) is 9.38. The number of carbonyl (C=O) groups is 1. The summed E-state index contributed by atoms with van der Waals surface area (Å²) in [6.07, 6.45) is 40.3. The van der Waals surface area contributed by atoms with E-state index < -0.39 is 13.9 Å². The zero-order valence-corrected chi connectivity index (χ0v) is 33.7. The Balaban J connectivity index is 2.14. The van der Waals surface area contributed by atoms with Gasteiger partial charge in [-0.25, -0.2) is 4.57 Å². The van der Waals surface area contributed by atoms with Gasteiger partial charge in [0, 0.05) is 13.0 Å². The van der Waals surface area contributed by atoms with Crippen molar-refractivity contribution in [3.8, 4) is 0 Å². The van der Waals surface area contributed by atoms with Crippen LogP contribution in [0.5, 0.6) is 0 Å². The molecule has 0 aromatic rings. The van der Waals surface area contributed by atoms with Crippen LogP contribution >= 0.6 is 7.82 Å². The van der Waals surface area contributed by atoms with E-state index in [1.165, 1.54) is 109 Å². The number of esters is 1. The molecule has 0 saturated carbocycles. The number of carbonyl (C=O) groups excluding carboxylic acids is 1. The first-order chi connectivity index (χ1) is 24.9. The number of nitrogens with two attached hydrogens (primary N) is 1. The van der Waals surface area contributed by atoms with Crippen LogP contribution in [0.2, 0.25) is 0 Å². The van der Waals surface area contributed by atoms with Crippen molar-refractivity contribution in [2.45, 2.75) is 206 Å². The molecule has 0 aliphatic carbocycles. The van der Waals surface area contributed by atoms with E-state index >= 15 is 0 Å². The van der Waals surface area contributed by atoms with E-state index in [0.717, 1.165) is 57.8 Å². The Bertz CT molecular complexity index is 901. The Kier molecular flexibility index (Phi) is 32.4. The van der Waals surface area contributed by atoms with Crippen molar-refractivity contribution in [1.82, 2.24) is 0 Å². The highest BCUT2D eigenvalue weighted by atomic mass is 31.2. The van der Waals surface area contributed by atoms with Crippen molar-refractivity contribution in [3.63, 3.8) is 0 Å². The summed E-state index contributed by atoms with van der Waals surface area (Å²) in [6, 6.07) is 0. The Morgan fingerprint density at radius 2 is 1.25 bits per heavy atom. The van der Waals surface area contributed by atoms with E-state index in [9.17, 15) is 14.3 Å². The fourth-order valence-electron chi connectivity index (χ4n) is 6.10. The van der Waals surface area contributed by atoms with Gasteiger partial charge in [0.1, 0.15) is 6.61 Å².